The fourth-order valence-corrected chi connectivity index (χ4v) is 3.40. The summed E-state index contributed by atoms with van der Waals surface area (Å²) in [6.45, 7) is 14.0. The smallest absolute Gasteiger partial charge is 0.0811 e. The Labute approximate surface area is 138 Å². The van der Waals surface area contributed by atoms with Crippen LogP contribution < -0.4 is 0 Å². The highest BCUT2D eigenvalue weighted by Gasteiger charge is 2.34. The lowest BCUT2D eigenvalue weighted by molar-refractivity contribution is 0.442. The van der Waals surface area contributed by atoms with Gasteiger partial charge in [-0.15, -0.1) is 0 Å². The maximum Gasteiger partial charge on any atom is 0.130 e. The van der Waals surface area contributed by atoms with E-state index >= 15 is 0 Å². The van der Waals surface area contributed by atoms with Crippen molar-refractivity contribution >= 4 is 7.28 Å². The van der Waals surface area contributed by atoms with Crippen LogP contribution in [0.2, 0.25) is 5.82 Å². The Morgan fingerprint density at radius 3 is 1.82 bits per heavy atom. The Hall–Kier alpha value is -1.24. The molecule has 0 heterocycles. The van der Waals surface area contributed by atoms with Crippen LogP contribution in [0.3, 0.4) is 0 Å². The first-order valence-corrected chi connectivity index (χ1v) is 8.48. The van der Waals surface area contributed by atoms with Crippen molar-refractivity contribution < 1.29 is 0 Å². The van der Waals surface area contributed by atoms with Gasteiger partial charge in [0.1, 0.15) is 7.28 Å². The van der Waals surface area contributed by atoms with Crippen molar-refractivity contribution in [3.8, 4) is 0 Å². The Bertz CT molecular complexity index is 520. The Morgan fingerprint density at radius 2 is 1.36 bits per heavy atom. The summed E-state index contributed by atoms with van der Waals surface area (Å²) in [4.78, 5) is 0. The van der Waals surface area contributed by atoms with E-state index in [0.29, 0.717) is 5.82 Å². The van der Waals surface area contributed by atoms with Crippen LogP contribution in [0.5, 0.6) is 0 Å². The average Bonchev–Trinajstić information content (AvgIpc) is 2.44. The molecule has 0 spiro atoms. The minimum atomic E-state index is 0.225. The molecule has 0 saturated carbocycles. The van der Waals surface area contributed by atoms with Gasteiger partial charge in [-0.3, -0.25) is 0 Å². The maximum absolute atomic E-state index is 2.52. The summed E-state index contributed by atoms with van der Waals surface area (Å²) < 4.78 is 0. The third kappa shape index (κ3) is 4.15. The van der Waals surface area contributed by atoms with Gasteiger partial charge in [0.05, 0.1) is 0 Å². The van der Waals surface area contributed by atoms with Crippen molar-refractivity contribution in [1.82, 2.24) is 0 Å². The van der Waals surface area contributed by atoms with Gasteiger partial charge in [-0.25, -0.2) is 0 Å². The molecule has 0 amide bonds. The van der Waals surface area contributed by atoms with Crippen molar-refractivity contribution in [1.29, 1.82) is 0 Å². The van der Waals surface area contributed by atoms with Gasteiger partial charge >= 0.3 is 0 Å². The monoisotopic (exact) mass is 293 g/mol. The molecule has 0 bridgehead atoms. The zero-order valence-corrected chi connectivity index (χ0v) is 15.1. The second kappa shape index (κ2) is 6.48. The van der Waals surface area contributed by atoms with Crippen LogP contribution in [-0.2, 0) is 6.32 Å². The van der Waals surface area contributed by atoms with Crippen LogP contribution in [0.15, 0.2) is 53.6 Å². The number of rotatable bonds is 3. The van der Waals surface area contributed by atoms with E-state index in [4.69, 9.17) is 0 Å². The minimum Gasteiger partial charge on any atom is -0.0811 e. The summed E-state index contributed by atoms with van der Waals surface area (Å²) in [6.07, 6.45) is 7.00. The summed E-state index contributed by atoms with van der Waals surface area (Å²) in [7, 11) is 2.52. The molecule has 1 aliphatic rings. The number of hydrogen-bond acceptors (Lipinski definition) is 0. The Morgan fingerprint density at radius 1 is 0.864 bits per heavy atom. The van der Waals surface area contributed by atoms with Crippen molar-refractivity contribution in [2.45, 2.75) is 60.1 Å². The molecular weight excluding hydrogens is 263 g/mol. The second-order valence-electron chi connectivity index (χ2n) is 8.46. The van der Waals surface area contributed by atoms with Gasteiger partial charge in [0.2, 0.25) is 0 Å². The maximum atomic E-state index is 2.52. The van der Waals surface area contributed by atoms with E-state index in [1.807, 2.05) is 0 Å². The molecule has 0 aromatic heterocycles. The molecule has 1 aliphatic carbocycles. The highest BCUT2D eigenvalue weighted by atomic mass is 14.3. The molecule has 0 nitrogen and oxygen atoms in total. The summed E-state index contributed by atoms with van der Waals surface area (Å²) in [5.74, 6) is 0.467. The average molecular weight is 293 g/mol. The third-order valence-corrected chi connectivity index (χ3v) is 4.51. The summed E-state index contributed by atoms with van der Waals surface area (Å²) in [5, 5.41) is 0. The van der Waals surface area contributed by atoms with Gasteiger partial charge in [0.25, 0.3) is 0 Å². The van der Waals surface area contributed by atoms with Crippen LogP contribution in [0.25, 0.3) is 0 Å². The topological polar surface area (TPSA) is 0 Å². The quantitative estimate of drug-likeness (QED) is 0.471. The molecular formula is C21H30B. The van der Waals surface area contributed by atoms with E-state index in [2.05, 4.69) is 91.3 Å². The van der Waals surface area contributed by atoms with E-state index in [0.717, 1.165) is 12.7 Å². The normalized spacial score (nSPS) is 17.0. The van der Waals surface area contributed by atoms with Gasteiger partial charge in [0, 0.05) is 0 Å². The predicted molar refractivity (Wildman–Crippen MR) is 99.3 cm³/mol. The first kappa shape index (κ1) is 17.1. The SMILES string of the molecule is CC(C)(C)C1=CCC=C(C(C)(C)C)C1[B]Cc1ccccc1. The van der Waals surface area contributed by atoms with Crippen LogP contribution in [0, 0.1) is 10.8 Å². The molecule has 1 aromatic carbocycles. The second-order valence-corrected chi connectivity index (χ2v) is 8.46. The molecule has 0 N–H and O–H groups in total. The van der Waals surface area contributed by atoms with Gasteiger partial charge in [-0.05, 0) is 23.1 Å². The molecule has 1 aromatic rings. The standard InChI is InChI=1S/C21H30B/c1-20(2,3)17-13-10-14-18(21(4,5)6)19(17)22-15-16-11-8-7-9-12-16/h7-9,11-14,19H,10,15H2,1-6H3. The lowest BCUT2D eigenvalue weighted by Gasteiger charge is -2.39. The van der Waals surface area contributed by atoms with Crippen LogP contribution >= 0.6 is 0 Å². The number of hydrogen-bond donors (Lipinski definition) is 0. The van der Waals surface area contributed by atoms with Gasteiger partial charge < -0.3 is 0 Å². The lowest BCUT2D eigenvalue weighted by Crippen LogP contribution is -2.28. The molecule has 0 unspecified atom stereocenters. The highest BCUT2D eigenvalue weighted by Crippen LogP contribution is 2.47. The fraction of sp³-hybridized carbons (Fsp3) is 0.524. The molecule has 117 valence electrons. The van der Waals surface area contributed by atoms with E-state index in [9.17, 15) is 0 Å². The van der Waals surface area contributed by atoms with Gasteiger partial charge in [-0.1, -0.05) is 107 Å². The zero-order valence-electron chi connectivity index (χ0n) is 15.1. The van der Waals surface area contributed by atoms with E-state index < -0.39 is 0 Å². The number of benzene rings is 1. The van der Waals surface area contributed by atoms with Crippen LogP contribution in [0.1, 0.15) is 53.5 Å². The van der Waals surface area contributed by atoms with Crippen molar-refractivity contribution in [2.75, 3.05) is 0 Å². The molecule has 1 radical (unpaired) electrons. The van der Waals surface area contributed by atoms with Crippen LogP contribution in [-0.4, -0.2) is 7.28 Å². The first-order valence-electron chi connectivity index (χ1n) is 8.48. The van der Waals surface area contributed by atoms with Crippen molar-refractivity contribution in [3.05, 3.63) is 59.2 Å². The summed E-state index contributed by atoms with van der Waals surface area (Å²) in [5.41, 5.74) is 5.01. The first-order chi connectivity index (χ1) is 10.2. The van der Waals surface area contributed by atoms with E-state index in [-0.39, 0.29) is 10.8 Å². The van der Waals surface area contributed by atoms with E-state index in [1.165, 1.54) is 5.56 Å². The summed E-state index contributed by atoms with van der Waals surface area (Å²) >= 11 is 0. The minimum absolute atomic E-state index is 0.225. The highest BCUT2D eigenvalue weighted by molar-refractivity contribution is 6.39. The summed E-state index contributed by atoms with van der Waals surface area (Å²) in [6, 6.07) is 10.8. The largest absolute Gasteiger partial charge is 0.130 e. The Balaban J connectivity index is 2.25. The third-order valence-electron chi connectivity index (χ3n) is 4.51. The number of allylic oxidation sites excluding steroid dienone is 4. The van der Waals surface area contributed by atoms with E-state index in [1.54, 1.807) is 11.1 Å². The predicted octanol–water partition coefficient (Wildman–Crippen LogP) is 6.03. The zero-order chi connectivity index (χ0) is 16.4. The Kier molecular flexibility index (Phi) is 5.05. The van der Waals surface area contributed by atoms with Gasteiger partial charge in [-0.2, -0.15) is 0 Å². The molecule has 0 atom stereocenters. The van der Waals surface area contributed by atoms with Crippen molar-refractivity contribution in [3.63, 3.8) is 0 Å². The molecule has 1 heteroatoms. The van der Waals surface area contributed by atoms with Gasteiger partial charge in [0.15, 0.2) is 0 Å². The van der Waals surface area contributed by atoms with Crippen LogP contribution in [0.4, 0.5) is 0 Å². The van der Waals surface area contributed by atoms with Crippen molar-refractivity contribution in [2.24, 2.45) is 10.8 Å². The molecule has 0 saturated heterocycles. The lowest BCUT2D eigenvalue weighted by atomic mass is 9.48. The molecule has 22 heavy (non-hydrogen) atoms. The molecule has 0 fully saturated rings. The molecule has 0 aliphatic heterocycles. The fourth-order valence-electron chi connectivity index (χ4n) is 3.40. The molecule has 2 rings (SSSR count).